The number of hydrogen-bond donors (Lipinski definition) is 4. The number of carbonyl (C=O) groups is 6. The summed E-state index contributed by atoms with van der Waals surface area (Å²) < 4.78 is 30.3. The van der Waals surface area contributed by atoms with Crippen molar-refractivity contribution in [2.45, 2.75) is 108 Å². The predicted molar refractivity (Wildman–Crippen MR) is 218 cm³/mol. The van der Waals surface area contributed by atoms with E-state index in [2.05, 4.69) is 5.32 Å². The highest BCUT2D eigenvalue weighted by atomic mass is 16.6. The third-order valence-electron chi connectivity index (χ3n) is 13.5. The van der Waals surface area contributed by atoms with Crippen LogP contribution in [0.4, 0.5) is 0 Å². The summed E-state index contributed by atoms with van der Waals surface area (Å²) in [5.74, 6) is -6.84. The molecular weight excluding hydrogens is 803 g/mol. The van der Waals surface area contributed by atoms with Crippen LogP contribution in [0, 0.1) is 16.7 Å². The van der Waals surface area contributed by atoms with E-state index in [-0.39, 0.29) is 35.3 Å². The van der Waals surface area contributed by atoms with E-state index < -0.39 is 113 Å². The highest BCUT2D eigenvalue weighted by molar-refractivity contribution is 5.96. The quantitative estimate of drug-likeness (QED) is 0.130. The number of carbonyl (C=O) groups excluding carboxylic acids is 6. The highest BCUT2D eigenvalue weighted by Gasteiger charge is 2.78. The van der Waals surface area contributed by atoms with Crippen molar-refractivity contribution in [3.05, 3.63) is 119 Å². The molecule has 4 aliphatic rings. The fourth-order valence-corrected chi connectivity index (χ4v) is 10.2. The number of hydrogen-bond acceptors (Lipinski definition) is 14. The zero-order valence-corrected chi connectivity index (χ0v) is 35.2. The maximum absolute atomic E-state index is 15.5. The van der Waals surface area contributed by atoms with Gasteiger partial charge in [0.05, 0.1) is 35.6 Å². The van der Waals surface area contributed by atoms with Crippen LogP contribution in [0.3, 0.4) is 0 Å². The number of esters is 4. The lowest BCUT2D eigenvalue weighted by Crippen LogP contribution is -2.82. The van der Waals surface area contributed by atoms with E-state index in [1.165, 1.54) is 26.0 Å². The van der Waals surface area contributed by atoms with E-state index in [1.54, 1.807) is 92.7 Å². The first-order valence-electron chi connectivity index (χ1n) is 20.5. The largest absolute Gasteiger partial charge is 0.456 e. The van der Waals surface area contributed by atoms with Crippen LogP contribution in [-0.4, -0.2) is 105 Å². The molecule has 15 nitrogen and oxygen atoms in total. The Labute approximate surface area is 358 Å². The average Bonchev–Trinajstić information content (AvgIpc) is 3.24. The molecule has 3 aliphatic carbocycles. The number of aliphatic hydroxyl groups is 3. The van der Waals surface area contributed by atoms with Gasteiger partial charge in [-0.15, -0.1) is 0 Å². The minimum absolute atomic E-state index is 0.00289. The minimum Gasteiger partial charge on any atom is -0.456 e. The summed E-state index contributed by atoms with van der Waals surface area (Å²) in [7, 11) is 0. The lowest BCUT2D eigenvalue weighted by Gasteiger charge is -2.67. The third kappa shape index (κ3) is 7.29. The maximum atomic E-state index is 15.5. The Morgan fingerprint density at radius 2 is 1.40 bits per heavy atom. The molecule has 3 fully saturated rings. The van der Waals surface area contributed by atoms with E-state index in [4.69, 9.17) is 23.7 Å². The number of amides is 1. The Kier molecular flexibility index (Phi) is 11.8. The van der Waals surface area contributed by atoms with Crippen LogP contribution in [-0.2, 0) is 42.9 Å². The van der Waals surface area contributed by atoms with Gasteiger partial charge in [0.2, 0.25) is 0 Å². The van der Waals surface area contributed by atoms with Gasteiger partial charge in [-0.25, -0.2) is 9.59 Å². The van der Waals surface area contributed by atoms with E-state index in [9.17, 15) is 39.3 Å². The van der Waals surface area contributed by atoms with Gasteiger partial charge in [-0.1, -0.05) is 80.6 Å². The number of ketones is 1. The number of Topliss-reactive ketones (excluding diaryl/α,β-unsaturated/α-hetero) is 1. The summed E-state index contributed by atoms with van der Waals surface area (Å²) in [5, 5.41) is 40.2. The van der Waals surface area contributed by atoms with Crippen molar-refractivity contribution in [2.24, 2.45) is 16.7 Å². The Bertz CT molecular complexity index is 2280. The van der Waals surface area contributed by atoms with Crippen molar-refractivity contribution < 1.29 is 67.8 Å². The first-order chi connectivity index (χ1) is 29.3. The number of aliphatic hydroxyl groups excluding tert-OH is 2. The molecule has 3 aromatic rings. The molecule has 328 valence electrons. The van der Waals surface area contributed by atoms with Gasteiger partial charge in [0.15, 0.2) is 23.6 Å². The smallest absolute Gasteiger partial charge is 0.338 e. The molecule has 11 atom stereocenters. The van der Waals surface area contributed by atoms with Crippen molar-refractivity contribution in [1.82, 2.24) is 5.32 Å². The normalized spacial score (nSPS) is 31.9. The Balaban J connectivity index is 1.39. The van der Waals surface area contributed by atoms with E-state index in [0.29, 0.717) is 5.56 Å². The fourth-order valence-electron chi connectivity index (χ4n) is 10.2. The second-order valence-electron chi connectivity index (χ2n) is 17.4. The topological polar surface area (TPSA) is 221 Å². The van der Waals surface area contributed by atoms with Crippen molar-refractivity contribution in [3.63, 3.8) is 0 Å². The molecule has 62 heavy (non-hydrogen) atoms. The number of nitrogens with one attached hydrogen (secondary N) is 1. The first kappa shape index (κ1) is 44.3. The lowest BCUT2D eigenvalue weighted by atomic mass is 9.44. The highest BCUT2D eigenvalue weighted by Crippen LogP contribution is 2.64. The number of benzene rings is 3. The van der Waals surface area contributed by atoms with E-state index >= 15 is 4.79 Å². The lowest BCUT2D eigenvalue weighted by molar-refractivity contribution is -0.346. The van der Waals surface area contributed by atoms with Crippen LogP contribution in [0.2, 0.25) is 0 Å². The second kappa shape index (κ2) is 16.5. The zero-order chi connectivity index (χ0) is 44.9. The van der Waals surface area contributed by atoms with Crippen LogP contribution < -0.4 is 5.32 Å². The van der Waals surface area contributed by atoms with Crippen molar-refractivity contribution >= 4 is 35.6 Å². The molecule has 15 heteroatoms. The summed E-state index contributed by atoms with van der Waals surface area (Å²) in [6.07, 6.45) is -10.5. The molecule has 1 amide bonds. The van der Waals surface area contributed by atoms with Gasteiger partial charge in [-0.2, -0.15) is 0 Å². The number of ether oxygens (including phenoxy) is 5. The summed E-state index contributed by atoms with van der Waals surface area (Å²) >= 11 is 0. The minimum atomic E-state index is -2.39. The van der Waals surface area contributed by atoms with Gasteiger partial charge in [0.1, 0.15) is 23.9 Å². The van der Waals surface area contributed by atoms with Gasteiger partial charge in [0.25, 0.3) is 5.91 Å². The van der Waals surface area contributed by atoms with Crippen molar-refractivity contribution in [3.8, 4) is 0 Å². The van der Waals surface area contributed by atoms with Crippen molar-refractivity contribution in [2.75, 3.05) is 6.61 Å². The molecule has 0 aromatic heterocycles. The molecule has 4 N–H and O–H groups in total. The molecule has 3 aromatic carbocycles. The van der Waals surface area contributed by atoms with Crippen LogP contribution in [0.1, 0.15) is 86.7 Å². The first-order valence-corrected chi connectivity index (χ1v) is 20.5. The van der Waals surface area contributed by atoms with Gasteiger partial charge < -0.3 is 44.3 Å². The summed E-state index contributed by atoms with van der Waals surface area (Å²) in [5.41, 5.74) is -7.02. The summed E-state index contributed by atoms with van der Waals surface area (Å²) in [4.78, 5) is 83.5. The monoisotopic (exact) mass is 853 g/mol. The zero-order valence-electron chi connectivity index (χ0n) is 35.2. The third-order valence-corrected chi connectivity index (χ3v) is 13.5. The van der Waals surface area contributed by atoms with E-state index in [0.717, 1.165) is 13.8 Å². The number of fused-ring (bicyclic) bond motifs is 5. The molecule has 1 saturated heterocycles. The molecule has 1 heterocycles. The fraction of sp³-hybridized carbons (Fsp3) is 0.447. The van der Waals surface area contributed by atoms with Crippen LogP contribution in [0.15, 0.2) is 102 Å². The molecule has 1 aliphatic heterocycles. The molecule has 1 unspecified atom stereocenters. The van der Waals surface area contributed by atoms with E-state index in [1.807, 2.05) is 0 Å². The van der Waals surface area contributed by atoms with Gasteiger partial charge in [-0.05, 0) is 54.8 Å². The SMILES string of the molecule is CC(=O)OC1C(=O)[C@@]2(C)[C@H]([C@H](OC(=O)c3ccccc3)[C@]3(O)C[C@H](OC(=O)[C@H](O)[C@@H](NC(=O)c4ccccc4)c4ccccc4)C(C)=C1C3(C)C)[C@]1(OC(C)=O)CO[C@@H]1C[C@@H]2O. The molecule has 0 spiro atoms. The van der Waals surface area contributed by atoms with Crippen LogP contribution in [0.5, 0.6) is 0 Å². The van der Waals surface area contributed by atoms with Gasteiger partial charge >= 0.3 is 23.9 Å². The van der Waals surface area contributed by atoms with Gasteiger partial charge in [0, 0.05) is 37.7 Å². The number of rotatable bonds is 10. The Morgan fingerprint density at radius 3 is 1.95 bits per heavy atom. The second-order valence-corrected chi connectivity index (χ2v) is 17.4. The standard InChI is InChI=1S/C47H51NO14/c1-25-31(60-43(56)36(52)35(28-16-10-7-11-17-28)48-41(54)29-18-12-8-13-19-29)23-47(57)40(61-42(55)30-20-14-9-15-21-30)38-45(6,32(51)22-33-46(38,24-58-33)62-27(3)50)39(53)37(59-26(2)49)34(25)44(47,4)5/h7-21,31-33,35-38,40,51-52,57H,22-24H2,1-6H3,(H,48,54)/t31-,32-,33+,35-,36+,37?,38-,40-,45+,46-,47+/m0/s1. The maximum Gasteiger partial charge on any atom is 0.338 e. The van der Waals surface area contributed by atoms with Crippen LogP contribution in [0.25, 0.3) is 0 Å². The average molecular weight is 854 g/mol. The summed E-state index contributed by atoms with van der Waals surface area (Å²) in [6, 6.07) is 22.9. The molecular formula is C47H51NO14. The van der Waals surface area contributed by atoms with Crippen molar-refractivity contribution in [1.29, 1.82) is 0 Å². The Hall–Kier alpha value is -5.74. The predicted octanol–water partition coefficient (Wildman–Crippen LogP) is 3.74. The molecule has 7 rings (SSSR count). The molecule has 0 radical (unpaired) electrons. The van der Waals surface area contributed by atoms with Crippen LogP contribution >= 0.6 is 0 Å². The molecule has 2 saturated carbocycles. The van der Waals surface area contributed by atoms with Gasteiger partial charge in [-0.3, -0.25) is 19.2 Å². The summed E-state index contributed by atoms with van der Waals surface area (Å²) in [6.45, 7) is 7.97. The molecule has 2 bridgehead atoms. The Morgan fingerprint density at radius 1 is 0.823 bits per heavy atom.